The Bertz CT molecular complexity index is 1440. The molecule has 1 saturated heterocycles. The minimum absolute atomic E-state index is 0.215. The lowest BCUT2D eigenvalue weighted by Gasteiger charge is -2.34. The van der Waals surface area contributed by atoms with Gasteiger partial charge >= 0.3 is 5.97 Å². The zero-order chi connectivity index (χ0) is 25.4. The van der Waals surface area contributed by atoms with Crippen molar-refractivity contribution in [2.45, 2.75) is 19.3 Å². The van der Waals surface area contributed by atoms with Crippen molar-refractivity contribution >= 4 is 32.8 Å². The van der Waals surface area contributed by atoms with Gasteiger partial charge in [-0.25, -0.2) is 9.37 Å². The fourth-order valence-corrected chi connectivity index (χ4v) is 6.51. The molecular weight excluding hydrogens is 487 g/mol. The van der Waals surface area contributed by atoms with Crippen LogP contribution in [0.25, 0.3) is 27.7 Å². The van der Waals surface area contributed by atoms with Crippen LogP contribution in [0.2, 0.25) is 0 Å². The van der Waals surface area contributed by atoms with Crippen LogP contribution in [0.15, 0.2) is 42.6 Å². The summed E-state index contributed by atoms with van der Waals surface area (Å²) in [6, 6.07) is 8.14. The lowest BCUT2D eigenvalue weighted by Crippen LogP contribution is -2.48. The first-order chi connectivity index (χ1) is 17.3. The summed E-state index contributed by atoms with van der Waals surface area (Å²) in [6.07, 6.45) is 4.70. The van der Waals surface area contributed by atoms with E-state index in [1.807, 2.05) is 18.2 Å². The Balaban J connectivity index is 1.37. The summed E-state index contributed by atoms with van der Waals surface area (Å²) in [5.41, 5.74) is 3.85. The predicted octanol–water partition coefficient (Wildman–Crippen LogP) is 3.51. The molecule has 4 heterocycles. The molecule has 36 heavy (non-hydrogen) atoms. The molecule has 0 atom stereocenters. The van der Waals surface area contributed by atoms with Crippen LogP contribution in [-0.4, -0.2) is 71.4 Å². The Morgan fingerprint density at radius 1 is 1.14 bits per heavy atom. The monoisotopic (exact) mass is 514 g/mol. The SMILES string of the molecule is COc1ccc(F)cc1-c1ccnc2[nH]c(C3=CCN(S(=O)(=O)N4CCC(C(=O)O)CC4)CC3)cc12. The standard InChI is InChI=1S/C25H27FN4O5S/c1-35-23-3-2-18(26)14-20(23)19-4-9-27-24-21(19)15-22(28-24)16-5-10-29(11-6-16)36(33,34)30-12-7-17(8-13-30)25(31)32/h2-5,9,14-15,17H,6-8,10-13H2,1H3,(H,27,28)(H,31,32). The Hall–Kier alpha value is -3.28. The molecule has 0 radical (unpaired) electrons. The molecule has 0 saturated carbocycles. The van der Waals surface area contributed by atoms with Gasteiger partial charge in [0.1, 0.15) is 17.2 Å². The molecule has 11 heteroatoms. The number of hydrogen-bond donors (Lipinski definition) is 2. The van der Waals surface area contributed by atoms with Crippen LogP contribution < -0.4 is 4.74 Å². The van der Waals surface area contributed by atoms with E-state index in [4.69, 9.17) is 9.84 Å². The third kappa shape index (κ3) is 4.49. The van der Waals surface area contributed by atoms with Crippen molar-refractivity contribution in [1.82, 2.24) is 18.6 Å². The van der Waals surface area contributed by atoms with Gasteiger partial charge in [-0.05, 0) is 60.7 Å². The first-order valence-corrected chi connectivity index (χ1v) is 13.2. The number of rotatable bonds is 6. The average Bonchev–Trinajstić information content (AvgIpc) is 3.33. The number of H-pyrrole nitrogens is 1. The lowest BCUT2D eigenvalue weighted by molar-refractivity contribution is -0.142. The van der Waals surface area contributed by atoms with Crippen molar-refractivity contribution in [2.75, 3.05) is 33.3 Å². The second-order valence-corrected chi connectivity index (χ2v) is 10.9. The van der Waals surface area contributed by atoms with E-state index in [9.17, 15) is 17.6 Å². The van der Waals surface area contributed by atoms with Gasteiger partial charge in [-0.3, -0.25) is 4.79 Å². The number of carboxylic acid groups (broad SMARTS) is 1. The number of aromatic amines is 1. The van der Waals surface area contributed by atoms with E-state index in [0.717, 1.165) is 22.2 Å². The highest BCUT2D eigenvalue weighted by molar-refractivity contribution is 7.86. The second kappa shape index (κ2) is 9.64. The zero-order valence-electron chi connectivity index (χ0n) is 19.8. The molecule has 9 nitrogen and oxygen atoms in total. The lowest BCUT2D eigenvalue weighted by atomic mass is 9.99. The van der Waals surface area contributed by atoms with Crippen LogP contribution in [0.3, 0.4) is 0 Å². The number of aliphatic carboxylic acids is 1. The van der Waals surface area contributed by atoms with Crippen molar-refractivity contribution in [1.29, 1.82) is 0 Å². The van der Waals surface area contributed by atoms with Gasteiger partial charge in [0.05, 0.1) is 13.0 Å². The summed E-state index contributed by atoms with van der Waals surface area (Å²) < 4.78 is 48.5. The molecule has 2 aromatic heterocycles. The van der Waals surface area contributed by atoms with Crippen molar-refractivity contribution in [3.8, 4) is 16.9 Å². The van der Waals surface area contributed by atoms with E-state index in [2.05, 4.69) is 9.97 Å². The number of hydrogen-bond acceptors (Lipinski definition) is 5. The summed E-state index contributed by atoms with van der Waals surface area (Å²) in [6.45, 7) is 0.975. The molecule has 0 aliphatic carbocycles. The number of methoxy groups -OCH3 is 1. The molecule has 2 N–H and O–H groups in total. The molecule has 5 rings (SSSR count). The van der Waals surface area contributed by atoms with Crippen LogP contribution in [-0.2, 0) is 15.0 Å². The maximum absolute atomic E-state index is 14.0. The van der Waals surface area contributed by atoms with Gasteiger partial charge in [-0.15, -0.1) is 0 Å². The van der Waals surface area contributed by atoms with Crippen LogP contribution in [0.5, 0.6) is 5.75 Å². The third-order valence-electron chi connectivity index (χ3n) is 6.96. The van der Waals surface area contributed by atoms with Gasteiger partial charge in [0.2, 0.25) is 0 Å². The number of piperidine rings is 1. The number of carboxylic acids is 1. The van der Waals surface area contributed by atoms with Gasteiger partial charge in [-0.1, -0.05) is 6.08 Å². The second-order valence-electron chi connectivity index (χ2n) is 9.01. The first-order valence-electron chi connectivity index (χ1n) is 11.8. The fourth-order valence-electron chi connectivity index (χ4n) is 4.93. The molecule has 1 aromatic carbocycles. The van der Waals surface area contributed by atoms with E-state index < -0.39 is 22.1 Å². The Kier molecular flexibility index (Phi) is 6.54. The number of benzene rings is 1. The molecule has 0 unspecified atom stereocenters. The maximum atomic E-state index is 14.0. The molecule has 1 fully saturated rings. The topological polar surface area (TPSA) is 116 Å². The molecular formula is C25H27FN4O5S. The largest absolute Gasteiger partial charge is 0.496 e. The first kappa shape index (κ1) is 24.4. The van der Waals surface area contributed by atoms with Crippen LogP contribution in [0, 0.1) is 11.7 Å². The van der Waals surface area contributed by atoms with Crippen LogP contribution >= 0.6 is 0 Å². The summed E-state index contributed by atoms with van der Waals surface area (Å²) in [5, 5.41) is 9.98. The van der Waals surface area contributed by atoms with E-state index in [-0.39, 0.29) is 25.5 Å². The fraction of sp³-hybridized carbons (Fsp3) is 0.360. The van der Waals surface area contributed by atoms with Gasteiger partial charge in [0, 0.05) is 49.0 Å². The summed E-state index contributed by atoms with van der Waals surface area (Å²) >= 11 is 0. The van der Waals surface area contributed by atoms with Gasteiger partial charge in [-0.2, -0.15) is 17.0 Å². The Labute approximate surface area is 208 Å². The van der Waals surface area contributed by atoms with Gasteiger partial charge < -0.3 is 14.8 Å². The van der Waals surface area contributed by atoms with E-state index in [1.165, 1.54) is 20.7 Å². The molecule has 2 aliphatic heterocycles. The minimum atomic E-state index is -3.66. The maximum Gasteiger partial charge on any atom is 0.306 e. The van der Waals surface area contributed by atoms with Crippen molar-refractivity contribution in [2.24, 2.45) is 5.92 Å². The summed E-state index contributed by atoms with van der Waals surface area (Å²) in [4.78, 5) is 18.9. The molecule has 3 aromatic rings. The number of halogens is 1. The van der Waals surface area contributed by atoms with Gasteiger partial charge in [0.25, 0.3) is 10.2 Å². The Morgan fingerprint density at radius 2 is 1.92 bits per heavy atom. The molecule has 0 bridgehead atoms. The number of fused-ring (bicyclic) bond motifs is 1. The highest BCUT2D eigenvalue weighted by atomic mass is 32.2. The number of nitrogens with zero attached hydrogens (tertiary/aromatic N) is 3. The average molecular weight is 515 g/mol. The smallest absolute Gasteiger partial charge is 0.306 e. The van der Waals surface area contributed by atoms with Gasteiger partial charge in [0.15, 0.2) is 0 Å². The molecule has 190 valence electrons. The summed E-state index contributed by atoms with van der Waals surface area (Å²) in [5.74, 6) is -1.17. The number of carbonyl (C=O) groups is 1. The number of ether oxygens (including phenoxy) is 1. The normalized spacial score (nSPS) is 18.3. The van der Waals surface area contributed by atoms with Crippen molar-refractivity contribution in [3.63, 3.8) is 0 Å². The number of pyridine rings is 1. The molecule has 2 aliphatic rings. The number of nitrogens with one attached hydrogen (secondary N) is 1. The zero-order valence-corrected chi connectivity index (χ0v) is 20.6. The van der Waals surface area contributed by atoms with Crippen molar-refractivity contribution < 1.29 is 27.4 Å². The number of aromatic nitrogens is 2. The van der Waals surface area contributed by atoms with E-state index in [1.54, 1.807) is 19.4 Å². The van der Waals surface area contributed by atoms with Crippen molar-refractivity contribution in [3.05, 3.63) is 54.1 Å². The minimum Gasteiger partial charge on any atom is -0.496 e. The van der Waals surface area contributed by atoms with Crippen LogP contribution in [0.1, 0.15) is 25.0 Å². The summed E-state index contributed by atoms with van der Waals surface area (Å²) in [7, 11) is -2.12. The molecule has 0 spiro atoms. The molecule has 0 amide bonds. The highest BCUT2D eigenvalue weighted by Gasteiger charge is 2.35. The quantitative estimate of drug-likeness (QED) is 0.520. The highest BCUT2D eigenvalue weighted by Crippen LogP contribution is 2.37. The van der Waals surface area contributed by atoms with E-state index >= 15 is 0 Å². The Morgan fingerprint density at radius 3 is 2.58 bits per heavy atom. The predicted molar refractivity (Wildman–Crippen MR) is 133 cm³/mol. The van der Waals surface area contributed by atoms with Crippen LogP contribution in [0.4, 0.5) is 4.39 Å². The third-order valence-corrected chi connectivity index (χ3v) is 8.96. The van der Waals surface area contributed by atoms with E-state index in [0.29, 0.717) is 42.8 Å².